The third kappa shape index (κ3) is 8.59. The number of aromatic nitrogens is 1. The highest BCUT2D eigenvalue weighted by Crippen LogP contribution is 2.40. The Morgan fingerprint density at radius 2 is 1.90 bits per heavy atom. The van der Waals surface area contributed by atoms with Crippen LogP contribution < -0.4 is 15.4 Å². The van der Waals surface area contributed by atoms with Crippen LogP contribution in [-0.4, -0.2) is 65.1 Å². The van der Waals surface area contributed by atoms with Gasteiger partial charge in [-0.05, 0) is 76.2 Å². The smallest absolute Gasteiger partial charge is 0.306 e. The lowest BCUT2D eigenvalue weighted by molar-refractivity contribution is -0.143. The standard InChI is InChI=1S/C38H44F2N4O5S/c1-5-48-35(46)12-9-25-7-6-8-26(21-25)38(2,15-19-50(47)20-17-44(3)4)34-24-42-37(43-34)30-22-27(10-11-31(30)39)49-36-29(14-18-45)28-13-16-41-33(28)23-32(36)40/h6-8,10-11,13,16,18,21-24,37,41-43H,5,9,12,14-15,17,19-20H2,1-4H3. The second-order valence-electron chi connectivity index (χ2n) is 12.8. The van der Waals surface area contributed by atoms with Gasteiger partial charge in [-0.15, -0.1) is 0 Å². The number of benzene rings is 3. The van der Waals surface area contributed by atoms with Gasteiger partial charge in [0.2, 0.25) is 0 Å². The van der Waals surface area contributed by atoms with Crippen LogP contribution in [-0.2, 0) is 43.4 Å². The molecule has 0 radical (unpaired) electrons. The van der Waals surface area contributed by atoms with Crippen molar-refractivity contribution in [3.05, 3.63) is 107 Å². The van der Waals surface area contributed by atoms with Crippen LogP contribution in [0.2, 0.25) is 0 Å². The zero-order valence-corrected chi connectivity index (χ0v) is 29.6. The minimum absolute atomic E-state index is 0.0585. The summed E-state index contributed by atoms with van der Waals surface area (Å²) in [5.74, 6) is -0.311. The first-order chi connectivity index (χ1) is 24.0. The molecule has 1 aromatic heterocycles. The molecule has 50 heavy (non-hydrogen) atoms. The fraction of sp³-hybridized carbons (Fsp3) is 0.368. The topological polar surface area (TPSA) is 113 Å². The molecule has 3 N–H and O–H groups in total. The van der Waals surface area contributed by atoms with Crippen LogP contribution >= 0.6 is 0 Å². The number of fused-ring (bicyclic) bond motifs is 1. The zero-order valence-electron chi connectivity index (χ0n) is 28.8. The fourth-order valence-corrected chi connectivity index (χ4v) is 7.53. The van der Waals surface area contributed by atoms with Gasteiger partial charge in [-0.1, -0.05) is 24.3 Å². The van der Waals surface area contributed by atoms with E-state index in [1.54, 1.807) is 19.2 Å². The number of nitrogens with zero attached hydrogens (tertiary/aromatic N) is 1. The monoisotopic (exact) mass is 706 g/mol. The largest absolute Gasteiger partial charge is 0.466 e. The molecule has 0 fully saturated rings. The second-order valence-corrected chi connectivity index (χ2v) is 14.5. The highest BCUT2D eigenvalue weighted by molar-refractivity contribution is 7.85. The van der Waals surface area contributed by atoms with Crippen molar-refractivity contribution in [3.63, 3.8) is 0 Å². The van der Waals surface area contributed by atoms with E-state index in [9.17, 15) is 13.8 Å². The Bertz CT molecular complexity index is 1890. The van der Waals surface area contributed by atoms with Crippen molar-refractivity contribution in [2.75, 3.05) is 38.8 Å². The molecule has 1 aliphatic heterocycles. The zero-order chi connectivity index (χ0) is 35.8. The number of aldehydes is 1. The fourth-order valence-electron chi connectivity index (χ4n) is 6.12. The van der Waals surface area contributed by atoms with E-state index in [-0.39, 0.29) is 35.9 Å². The molecule has 3 atom stereocenters. The molecule has 1 aliphatic rings. The van der Waals surface area contributed by atoms with Gasteiger partial charge in [0.1, 0.15) is 24.0 Å². The molecule has 3 aromatic carbocycles. The Hall–Kier alpha value is -4.55. The van der Waals surface area contributed by atoms with Gasteiger partial charge in [-0.3, -0.25) is 9.00 Å². The summed E-state index contributed by atoms with van der Waals surface area (Å²) in [5.41, 5.74) is 3.23. The molecular formula is C38H44F2N4O5S. The predicted octanol–water partition coefficient (Wildman–Crippen LogP) is 6.17. The van der Waals surface area contributed by atoms with Crippen molar-refractivity contribution in [2.24, 2.45) is 0 Å². The molecule has 0 saturated heterocycles. The number of rotatable bonds is 17. The van der Waals surface area contributed by atoms with Crippen LogP contribution in [0.25, 0.3) is 10.9 Å². The quantitative estimate of drug-likeness (QED) is 0.0884. The van der Waals surface area contributed by atoms with Gasteiger partial charge in [0.25, 0.3) is 0 Å². The molecule has 266 valence electrons. The SMILES string of the molecule is CCOC(=O)CCc1cccc(C(C)(CCS(=O)CCN(C)C)C2=CNC(c3cc(Oc4c(F)cc5[nH]ccc5c4CC=O)ccc3F)N2)c1. The number of nitrogens with one attached hydrogen (secondary N) is 3. The van der Waals surface area contributed by atoms with Gasteiger partial charge >= 0.3 is 5.97 Å². The van der Waals surface area contributed by atoms with Crippen LogP contribution in [0, 0.1) is 11.6 Å². The summed E-state index contributed by atoms with van der Waals surface area (Å²) in [6, 6.07) is 15.2. The van der Waals surface area contributed by atoms with E-state index in [0.717, 1.165) is 16.8 Å². The van der Waals surface area contributed by atoms with Crippen molar-refractivity contribution in [1.82, 2.24) is 20.5 Å². The summed E-state index contributed by atoms with van der Waals surface area (Å²) in [7, 11) is 2.82. The number of allylic oxidation sites excluding steroid dienone is 1. The van der Waals surface area contributed by atoms with Crippen LogP contribution in [0.5, 0.6) is 11.5 Å². The third-order valence-corrected chi connectivity index (χ3v) is 10.3. The number of carbonyl (C=O) groups is 2. The Labute approximate surface area is 293 Å². The Morgan fingerprint density at radius 3 is 2.66 bits per heavy atom. The summed E-state index contributed by atoms with van der Waals surface area (Å²) in [6.45, 7) is 4.87. The van der Waals surface area contributed by atoms with Crippen LogP contribution in [0.3, 0.4) is 0 Å². The van der Waals surface area contributed by atoms with Gasteiger partial charge in [-0.25, -0.2) is 8.78 Å². The maximum Gasteiger partial charge on any atom is 0.306 e. The summed E-state index contributed by atoms with van der Waals surface area (Å²) in [5, 5.41) is 7.37. The van der Waals surface area contributed by atoms with Crippen LogP contribution in [0.1, 0.15) is 55.1 Å². The van der Waals surface area contributed by atoms with E-state index in [4.69, 9.17) is 9.47 Å². The predicted molar refractivity (Wildman–Crippen MR) is 191 cm³/mol. The van der Waals surface area contributed by atoms with Crippen molar-refractivity contribution >= 4 is 34.0 Å². The molecule has 4 aromatic rings. The number of aromatic amines is 1. The van der Waals surface area contributed by atoms with Gasteiger partial charge in [0.15, 0.2) is 11.6 Å². The van der Waals surface area contributed by atoms with E-state index < -0.39 is 34.0 Å². The Kier molecular flexibility index (Phi) is 12.1. The second kappa shape index (κ2) is 16.4. The van der Waals surface area contributed by atoms with Crippen molar-refractivity contribution in [2.45, 2.75) is 51.1 Å². The number of ether oxygens (including phenoxy) is 2. The average Bonchev–Trinajstić information content (AvgIpc) is 3.79. The molecule has 0 aliphatic carbocycles. The minimum Gasteiger partial charge on any atom is -0.466 e. The number of hydrogen-bond acceptors (Lipinski definition) is 8. The molecule has 3 unspecified atom stereocenters. The number of aryl methyl sites for hydroxylation is 1. The van der Waals surface area contributed by atoms with Crippen molar-refractivity contribution in [1.29, 1.82) is 0 Å². The van der Waals surface area contributed by atoms with E-state index in [1.165, 1.54) is 24.3 Å². The number of carbonyl (C=O) groups excluding carboxylic acids is 2. The molecule has 2 heterocycles. The first-order valence-electron chi connectivity index (χ1n) is 16.7. The highest BCUT2D eigenvalue weighted by Gasteiger charge is 2.36. The number of H-pyrrole nitrogens is 1. The van der Waals surface area contributed by atoms with E-state index in [1.807, 2.05) is 43.4 Å². The maximum absolute atomic E-state index is 15.4. The molecule has 0 bridgehead atoms. The molecular weight excluding hydrogens is 663 g/mol. The lowest BCUT2D eigenvalue weighted by atomic mass is 9.76. The summed E-state index contributed by atoms with van der Waals surface area (Å²) in [4.78, 5) is 28.5. The molecule has 0 saturated carbocycles. The number of hydrogen-bond donors (Lipinski definition) is 3. The molecule has 0 amide bonds. The molecule has 5 rings (SSSR count). The Balaban J connectivity index is 1.40. The van der Waals surface area contributed by atoms with Crippen LogP contribution in [0.15, 0.2) is 72.7 Å². The van der Waals surface area contributed by atoms with E-state index in [0.29, 0.717) is 60.3 Å². The first-order valence-corrected chi connectivity index (χ1v) is 18.2. The summed E-state index contributed by atoms with van der Waals surface area (Å²) in [6.07, 6.45) is 4.71. The van der Waals surface area contributed by atoms with Gasteiger partial charge in [0.05, 0.1) is 6.61 Å². The number of halogens is 2. The van der Waals surface area contributed by atoms with Gasteiger partial charge < -0.3 is 34.8 Å². The molecule has 0 spiro atoms. The molecule has 12 heteroatoms. The third-order valence-electron chi connectivity index (χ3n) is 9.02. The first kappa shape index (κ1) is 36.7. The molecule has 9 nitrogen and oxygen atoms in total. The summed E-state index contributed by atoms with van der Waals surface area (Å²) >= 11 is 0. The van der Waals surface area contributed by atoms with Crippen molar-refractivity contribution < 1.29 is 32.1 Å². The van der Waals surface area contributed by atoms with Crippen molar-refractivity contribution in [3.8, 4) is 11.5 Å². The minimum atomic E-state index is -1.07. The maximum atomic E-state index is 15.4. The summed E-state index contributed by atoms with van der Waals surface area (Å²) < 4.78 is 54.9. The average molecular weight is 707 g/mol. The van der Waals surface area contributed by atoms with E-state index in [2.05, 4.69) is 28.6 Å². The van der Waals surface area contributed by atoms with Gasteiger partial charge in [0, 0.05) is 93.3 Å². The highest BCUT2D eigenvalue weighted by atomic mass is 32.2. The lowest BCUT2D eigenvalue weighted by Crippen LogP contribution is -2.35. The lowest BCUT2D eigenvalue weighted by Gasteiger charge is -2.33. The van der Waals surface area contributed by atoms with E-state index >= 15 is 8.78 Å². The van der Waals surface area contributed by atoms with Gasteiger partial charge in [-0.2, -0.15) is 0 Å². The van der Waals surface area contributed by atoms with Crippen LogP contribution in [0.4, 0.5) is 8.78 Å². The number of esters is 1. The normalized spacial score (nSPS) is 16.0. The Morgan fingerprint density at radius 1 is 1.08 bits per heavy atom.